The lowest BCUT2D eigenvalue weighted by molar-refractivity contribution is 0.676. The zero-order valence-electron chi connectivity index (χ0n) is 13.1. The molecule has 114 valence electrons. The number of thiazole rings is 1. The summed E-state index contributed by atoms with van der Waals surface area (Å²) in [6.07, 6.45) is 2.22. The Hall–Kier alpha value is -0.260. The smallest absolute Gasteiger partial charge is 0.185 e. The molecule has 0 bridgehead atoms. The van der Waals surface area contributed by atoms with Crippen molar-refractivity contribution in [3.8, 4) is 0 Å². The number of thioether (sulfide) groups is 1. The van der Waals surface area contributed by atoms with E-state index in [-0.39, 0.29) is 0 Å². The van der Waals surface area contributed by atoms with Crippen LogP contribution >= 0.6 is 23.1 Å². The molecule has 1 aromatic heterocycles. The average molecular weight is 314 g/mol. The summed E-state index contributed by atoms with van der Waals surface area (Å²) in [6, 6.07) is 0. The van der Waals surface area contributed by atoms with E-state index in [2.05, 4.69) is 49.7 Å². The van der Waals surface area contributed by atoms with Crippen LogP contribution in [0.3, 0.4) is 0 Å². The molecule has 1 aliphatic heterocycles. The zero-order valence-corrected chi connectivity index (χ0v) is 14.7. The number of hydrogen-bond acceptors (Lipinski definition) is 5. The van der Waals surface area contributed by atoms with Crippen LogP contribution in [0.5, 0.6) is 0 Å². The summed E-state index contributed by atoms with van der Waals surface area (Å²) < 4.78 is 0. The van der Waals surface area contributed by atoms with Crippen LogP contribution in [0.25, 0.3) is 0 Å². The van der Waals surface area contributed by atoms with Gasteiger partial charge in [0.2, 0.25) is 0 Å². The molecular weight excluding hydrogens is 286 g/mol. The molecule has 2 unspecified atom stereocenters. The molecule has 2 heterocycles. The normalized spacial score (nSPS) is 23.3. The highest BCUT2D eigenvalue weighted by atomic mass is 32.2. The summed E-state index contributed by atoms with van der Waals surface area (Å²) in [5, 5.41) is 6.14. The number of nitrogens with one attached hydrogen (secondary N) is 1. The van der Waals surface area contributed by atoms with Crippen molar-refractivity contribution in [2.24, 2.45) is 0 Å². The van der Waals surface area contributed by atoms with E-state index >= 15 is 0 Å². The highest BCUT2D eigenvalue weighted by Crippen LogP contribution is 2.32. The quantitative estimate of drug-likeness (QED) is 0.813. The number of aromatic nitrogens is 1. The van der Waals surface area contributed by atoms with E-state index in [9.17, 15) is 0 Å². The predicted octanol–water partition coefficient (Wildman–Crippen LogP) is 3.54. The standard InChI is InChI=1S/C15H27N3S2/c1-5-7-16-8-14-13(6-2)17-15(20-14)18-9-11(3)19-12(4)10-18/h11-12,16H,5-10H2,1-4H3. The van der Waals surface area contributed by atoms with Gasteiger partial charge in [-0.2, -0.15) is 11.8 Å². The van der Waals surface area contributed by atoms with Gasteiger partial charge in [0.05, 0.1) is 5.69 Å². The first kappa shape index (κ1) is 16.1. The summed E-state index contributed by atoms with van der Waals surface area (Å²) in [5.41, 5.74) is 1.28. The van der Waals surface area contributed by atoms with Crippen molar-refractivity contribution < 1.29 is 0 Å². The summed E-state index contributed by atoms with van der Waals surface area (Å²) in [6.45, 7) is 13.4. The Morgan fingerprint density at radius 3 is 2.55 bits per heavy atom. The Morgan fingerprint density at radius 1 is 1.25 bits per heavy atom. The third-order valence-electron chi connectivity index (χ3n) is 3.50. The number of nitrogens with zero attached hydrogens (tertiary/aromatic N) is 2. The van der Waals surface area contributed by atoms with Crippen molar-refractivity contribution in [3.05, 3.63) is 10.6 Å². The molecule has 1 N–H and O–H groups in total. The summed E-state index contributed by atoms with van der Waals surface area (Å²) in [4.78, 5) is 8.81. The SMILES string of the molecule is CCCNCc1sc(N2CC(C)SC(C)C2)nc1CC. The molecule has 1 saturated heterocycles. The number of aryl methyl sites for hydroxylation is 1. The van der Waals surface area contributed by atoms with Crippen LogP contribution in [0.1, 0.15) is 44.7 Å². The first-order valence-corrected chi connectivity index (χ1v) is 9.49. The number of anilines is 1. The molecule has 0 amide bonds. The van der Waals surface area contributed by atoms with Crippen LogP contribution < -0.4 is 10.2 Å². The van der Waals surface area contributed by atoms with Gasteiger partial charge >= 0.3 is 0 Å². The van der Waals surface area contributed by atoms with Crippen molar-refractivity contribution in [1.82, 2.24) is 10.3 Å². The molecule has 5 heteroatoms. The summed E-state index contributed by atoms with van der Waals surface area (Å²) in [7, 11) is 0. The van der Waals surface area contributed by atoms with Crippen LogP contribution in [0, 0.1) is 0 Å². The molecule has 2 rings (SSSR count). The van der Waals surface area contributed by atoms with Crippen molar-refractivity contribution >= 4 is 28.2 Å². The maximum Gasteiger partial charge on any atom is 0.185 e. The van der Waals surface area contributed by atoms with Gasteiger partial charge < -0.3 is 10.2 Å². The van der Waals surface area contributed by atoms with Gasteiger partial charge in [-0.15, -0.1) is 11.3 Å². The van der Waals surface area contributed by atoms with Gasteiger partial charge in [-0.1, -0.05) is 27.7 Å². The van der Waals surface area contributed by atoms with Crippen LogP contribution in [0.15, 0.2) is 0 Å². The monoisotopic (exact) mass is 313 g/mol. The van der Waals surface area contributed by atoms with Crippen molar-refractivity contribution in [1.29, 1.82) is 0 Å². The lowest BCUT2D eigenvalue weighted by Gasteiger charge is -2.34. The minimum absolute atomic E-state index is 0.703. The van der Waals surface area contributed by atoms with Gasteiger partial charge in [-0.05, 0) is 19.4 Å². The molecule has 0 radical (unpaired) electrons. The van der Waals surface area contributed by atoms with Gasteiger partial charge in [0.1, 0.15) is 0 Å². The summed E-state index contributed by atoms with van der Waals surface area (Å²) in [5.74, 6) is 0. The second-order valence-electron chi connectivity index (χ2n) is 5.56. The minimum Gasteiger partial charge on any atom is -0.346 e. The topological polar surface area (TPSA) is 28.2 Å². The van der Waals surface area contributed by atoms with Crippen molar-refractivity contribution in [3.63, 3.8) is 0 Å². The van der Waals surface area contributed by atoms with Crippen LogP contribution in [-0.2, 0) is 13.0 Å². The highest BCUT2D eigenvalue weighted by molar-refractivity contribution is 8.00. The molecule has 0 aromatic carbocycles. The van der Waals surface area contributed by atoms with E-state index in [0.717, 1.165) is 32.6 Å². The van der Waals surface area contributed by atoms with Crippen LogP contribution in [0.2, 0.25) is 0 Å². The minimum atomic E-state index is 0.703. The fourth-order valence-corrected chi connectivity index (χ4v) is 5.09. The molecule has 3 nitrogen and oxygen atoms in total. The van der Waals surface area contributed by atoms with E-state index < -0.39 is 0 Å². The fraction of sp³-hybridized carbons (Fsp3) is 0.800. The van der Waals surface area contributed by atoms with Gasteiger partial charge in [-0.25, -0.2) is 4.98 Å². The zero-order chi connectivity index (χ0) is 14.5. The molecule has 1 fully saturated rings. The Kier molecular flexibility index (Phi) is 6.18. The van der Waals surface area contributed by atoms with Gasteiger partial charge in [0.15, 0.2) is 5.13 Å². The Morgan fingerprint density at radius 2 is 1.95 bits per heavy atom. The number of rotatable bonds is 6. The largest absolute Gasteiger partial charge is 0.346 e. The van der Waals surface area contributed by atoms with Crippen molar-refractivity contribution in [2.75, 3.05) is 24.5 Å². The average Bonchev–Trinajstić information content (AvgIpc) is 2.81. The molecule has 20 heavy (non-hydrogen) atoms. The molecule has 0 aliphatic carbocycles. The van der Waals surface area contributed by atoms with Gasteiger partial charge in [0.25, 0.3) is 0 Å². The lowest BCUT2D eigenvalue weighted by atomic mass is 10.3. The fourth-order valence-electron chi connectivity index (χ4n) is 2.63. The molecule has 0 spiro atoms. The van der Waals surface area contributed by atoms with Crippen LogP contribution in [-0.4, -0.2) is 35.1 Å². The van der Waals surface area contributed by atoms with E-state index in [1.54, 1.807) is 0 Å². The highest BCUT2D eigenvalue weighted by Gasteiger charge is 2.25. The van der Waals surface area contributed by atoms with Crippen LogP contribution in [0.4, 0.5) is 5.13 Å². The van der Waals surface area contributed by atoms with E-state index in [4.69, 9.17) is 4.98 Å². The lowest BCUT2D eigenvalue weighted by Crippen LogP contribution is -2.40. The Labute approximate surface area is 131 Å². The predicted molar refractivity (Wildman–Crippen MR) is 92.2 cm³/mol. The second-order valence-corrected chi connectivity index (χ2v) is 8.50. The van der Waals surface area contributed by atoms with E-state index in [1.165, 1.54) is 22.1 Å². The van der Waals surface area contributed by atoms with Gasteiger partial charge in [0, 0.05) is 35.0 Å². The molecule has 0 saturated carbocycles. The van der Waals surface area contributed by atoms with E-state index in [0.29, 0.717) is 10.5 Å². The van der Waals surface area contributed by atoms with Crippen molar-refractivity contribution in [2.45, 2.75) is 57.6 Å². The first-order chi connectivity index (χ1) is 9.63. The molecule has 1 aliphatic rings. The maximum atomic E-state index is 4.90. The molecular formula is C15H27N3S2. The molecule has 2 atom stereocenters. The second kappa shape index (κ2) is 7.66. The Balaban J connectivity index is 2.07. The van der Waals surface area contributed by atoms with Gasteiger partial charge in [-0.3, -0.25) is 0 Å². The van der Waals surface area contributed by atoms with E-state index in [1.807, 2.05) is 11.3 Å². The third kappa shape index (κ3) is 4.12. The maximum absolute atomic E-state index is 4.90. The number of hydrogen-bond donors (Lipinski definition) is 1. The summed E-state index contributed by atoms with van der Waals surface area (Å²) >= 11 is 3.98. The first-order valence-electron chi connectivity index (χ1n) is 7.73. The molecule has 1 aromatic rings. The Bertz CT molecular complexity index is 409. The third-order valence-corrected chi connectivity index (χ3v) is 5.89.